The quantitative estimate of drug-likeness (QED) is 0.870. The summed E-state index contributed by atoms with van der Waals surface area (Å²) in [5.41, 5.74) is 0.832. The van der Waals surface area contributed by atoms with Gasteiger partial charge in [0, 0.05) is 20.0 Å². The fourth-order valence-electron chi connectivity index (χ4n) is 1.98. The number of aromatic nitrogens is 3. The summed E-state index contributed by atoms with van der Waals surface area (Å²) in [4.78, 5) is 28.4. The van der Waals surface area contributed by atoms with Gasteiger partial charge in [-0.2, -0.15) is 0 Å². The average Bonchev–Trinajstić information content (AvgIpc) is 2.96. The highest BCUT2D eigenvalue weighted by molar-refractivity contribution is 5.90. The Balaban J connectivity index is 2.24. The monoisotopic (exact) mass is 302 g/mol. The first-order chi connectivity index (χ1) is 10.5. The second-order valence-electron chi connectivity index (χ2n) is 4.82. The minimum Gasteiger partial charge on any atom is -0.481 e. The number of aliphatic carboxylic acids is 1. The van der Waals surface area contributed by atoms with E-state index in [9.17, 15) is 9.59 Å². The van der Waals surface area contributed by atoms with Crippen molar-refractivity contribution < 1.29 is 14.7 Å². The van der Waals surface area contributed by atoms with Crippen LogP contribution in [0.1, 0.15) is 29.8 Å². The molecule has 0 radical (unpaired) electrons. The van der Waals surface area contributed by atoms with E-state index in [0.29, 0.717) is 12.2 Å². The lowest BCUT2D eigenvalue weighted by Gasteiger charge is -2.13. The third-order valence-corrected chi connectivity index (χ3v) is 3.19. The van der Waals surface area contributed by atoms with Gasteiger partial charge >= 0.3 is 5.97 Å². The zero-order valence-electron chi connectivity index (χ0n) is 12.6. The molecule has 116 valence electrons. The highest BCUT2D eigenvalue weighted by Gasteiger charge is 2.20. The van der Waals surface area contributed by atoms with Crippen LogP contribution in [0, 0.1) is 0 Å². The predicted octanol–water partition coefficient (Wildman–Crippen LogP) is 1.38. The summed E-state index contributed by atoms with van der Waals surface area (Å²) in [6, 6.07) is 9.44. The van der Waals surface area contributed by atoms with Gasteiger partial charge in [0.05, 0.1) is 12.1 Å². The number of carbonyl (C=O) groups excluding carboxylic acids is 1. The molecule has 1 N–H and O–H groups in total. The molecule has 0 bridgehead atoms. The van der Waals surface area contributed by atoms with Crippen molar-refractivity contribution in [2.24, 2.45) is 0 Å². The Bertz CT molecular complexity index is 667. The molecule has 0 aliphatic rings. The normalized spacial score (nSPS) is 10.5. The first-order valence-corrected chi connectivity index (χ1v) is 7.01. The van der Waals surface area contributed by atoms with Crippen molar-refractivity contribution in [1.29, 1.82) is 0 Å². The molecule has 0 fully saturated rings. The van der Waals surface area contributed by atoms with Crippen molar-refractivity contribution in [1.82, 2.24) is 19.7 Å². The van der Waals surface area contributed by atoms with E-state index >= 15 is 0 Å². The first kappa shape index (κ1) is 15.7. The summed E-state index contributed by atoms with van der Waals surface area (Å²) in [6.07, 6.45) is 0.524. The van der Waals surface area contributed by atoms with Crippen LogP contribution in [-0.2, 0) is 11.2 Å². The molecule has 2 rings (SSSR count). The Hall–Kier alpha value is -2.70. The number of para-hydroxylation sites is 1. The number of rotatable bonds is 6. The number of hydrogen-bond donors (Lipinski definition) is 1. The molecule has 0 atom stereocenters. The zero-order valence-corrected chi connectivity index (χ0v) is 12.6. The van der Waals surface area contributed by atoms with Gasteiger partial charge in [-0.3, -0.25) is 9.59 Å². The third kappa shape index (κ3) is 3.49. The van der Waals surface area contributed by atoms with Crippen LogP contribution in [0.3, 0.4) is 0 Å². The van der Waals surface area contributed by atoms with Gasteiger partial charge < -0.3 is 10.0 Å². The number of carbonyl (C=O) groups is 2. The van der Waals surface area contributed by atoms with Crippen molar-refractivity contribution in [3.8, 4) is 5.69 Å². The molecule has 1 aromatic heterocycles. The number of hydrogen-bond acceptors (Lipinski definition) is 4. The van der Waals surface area contributed by atoms with E-state index in [-0.39, 0.29) is 24.7 Å². The molecule has 0 saturated heterocycles. The highest BCUT2D eigenvalue weighted by atomic mass is 16.4. The molecule has 2 aromatic rings. The molecule has 1 aromatic carbocycles. The highest BCUT2D eigenvalue weighted by Crippen LogP contribution is 2.11. The lowest BCUT2D eigenvalue weighted by molar-refractivity contribution is -0.137. The Labute approximate surface area is 128 Å². The fourth-order valence-corrected chi connectivity index (χ4v) is 1.98. The number of amides is 1. The average molecular weight is 302 g/mol. The van der Waals surface area contributed by atoms with Gasteiger partial charge in [-0.15, -0.1) is 5.10 Å². The third-order valence-electron chi connectivity index (χ3n) is 3.19. The molecular formula is C15H18N4O3. The number of benzene rings is 1. The SMILES string of the molecule is CCc1nc(C(=O)N(C)CCC(=O)O)nn1-c1ccccc1. The van der Waals surface area contributed by atoms with Crippen LogP contribution in [0.4, 0.5) is 0 Å². The molecule has 0 aliphatic carbocycles. The van der Waals surface area contributed by atoms with Gasteiger partial charge in [0.1, 0.15) is 5.82 Å². The maximum absolute atomic E-state index is 12.3. The molecule has 0 aliphatic heterocycles. The van der Waals surface area contributed by atoms with Crippen molar-refractivity contribution in [3.05, 3.63) is 42.0 Å². The summed E-state index contributed by atoms with van der Waals surface area (Å²) in [7, 11) is 1.54. The minimum absolute atomic E-state index is 0.0774. The number of carboxylic acids is 1. The lowest BCUT2D eigenvalue weighted by Crippen LogP contribution is -2.30. The smallest absolute Gasteiger partial charge is 0.305 e. The van der Waals surface area contributed by atoms with Crippen molar-refractivity contribution in [2.45, 2.75) is 19.8 Å². The van der Waals surface area contributed by atoms with Gasteiger partial charge in [0.25, 0.3) is 5.91 Å². The van der Waals surface area contributed by atoms with E-state index in [1.807, 2.05) is 37.3 Å². The topological polar surface area (TPSA) is 88.3 Å². The van der Waals surface area contributed by atoms with Crippen LogP contribution in [0.5, 0.6) is 0 Å². The molecule has 0 unspecified atom stereocenters. The molecule has 1 heterocycles. The van der Waals surface area contributed by atoms with Gasteiger partial charge in [-0.25, -0.2) is 9.67 Å². The van der Waals surface area contributed by atoms with Crippen LogP contribution < -0.4 is 0 Å². The van der Waals surface area contributed by atoms with E-state index < -0.39 is 5.97 Å². The number of aryl methyl sites for hydroxylation is 1. The molecule has 22 heavy (non-hydrogen) atoms. The Morgan fingerprint density at radius 2 is 1.95 bits per heavy atom. The Morgan fingerprint density at radius 3 is 2.55 bits per heavy atom. The fraction of sp³-hybridized carbons (Fsp3) is 0.333. The lowest BCUT2D eigenvalue weighted by atomic mass is 10.3. The summed E-state index contributed by atoms with van der Waals surface area (Å²) < 4.78 is 1.64. The van der Waals surface area contributed by atoms with E-state index in [4.69, 9.17) is 5.11 Å². The Kier molecular flexibility index (Phi) is 4.88. The van der Waals surface area contributed by atoms with Crippen LogP contribution in [-0.4, -0.2) is 50.2 Å². The standard InChI is InChI=1S/C15H18N4O3/c1-3-12-16-14(15(22)18(2)10-9-13(20)21)17-19(12)11-7-5-4-6-8-11/h4-8H,3,9-10H2,1-2H3,(H,20,21). The van der Waals surface area contributed by atoms with Crippen molar-refractivity contribution >= 4 is 11.9 Å². The van der Waals surface area contributed by atoms with Crippen molar-refractivity contribution in [3.63, 3.8) is 0 Å². The molecular weight excluding hydrogens is 284 g/mol. The van der Waals surface area contributed by atoms with E-state index in [1.54, 1.807) is 11.7 Å². The second-order valence-corrected chi connectivity index (χ2v) is 4.82. The molecule has 7 heteroatoms. The van der Waals surface area contributed by atoms with Gasteiger partial charge in [-0.05, 0) is 12.1 Å². The van der Waals surface area contributed by atoms with E-state index in [2.05, 4.69) is 10.1 Å². The van der Waals surface area contributed by atoms with Gasteiger partial charge in [0.15, 0.2) is 0 Å². The molecule has 7 nitrogen and oxygen atoms in total. The molecule has 0 saturated carbocycles. The summed E-state index contributed by atoms with van der Waals surface area (Å²) in [5, 5.41) is 12.9. The molecule has 0 spiro atoms. The predicted molar refractivity (Wildman–Crippen MR) is 80.0 cm³/mol. The largest absolute Gasteiger partial charge is 0.481 e. The maximum atomic E-state index is 12.3. The molecule has 1 amide bonds. The summed E-state index contributed by atoms with van der Waals surface area (Å²) >= 11 is 0. The maximum Gasteiger partial charge on any atom is 0.305 e. The van der Waals surface area contributed by atoms with Gasteiger partial charge in [0.2, 0.25) is 5.82 Å². The van der Waals surface area contributed by atoms with Gasteiger partial charge in [-0.1, -0.05) is 25.1 Å². The van der Waals surface area contributed by atoms with E-state index in [1.165, 1.54) is 4.90 Å². The van der Waals surface area contributed by atoms with Crippen LogP contribution in [0.15, 0.2) is 30.3 Å². The summed E-state index contributed by atoms with van der Waals surface area (Å²) in [5.74, 6) is -0.572. The minimum atomic E-state index is -0.948. The number of carboxylic acid groups (broad SMARTS) is 1. The zero-order chi connectivity index (χ0) is 16.1. The van der Waals surface area contributed by atoms with E-state index in [0.717, 1.165) is 5.69 Å². The summed E-state index contributed by atoms with van der Waals surface area (Å²) in [6.45, 7) is 2.06. The first-order valence-electron chi connectivity index (χ1n) is 7.01. The van der Waals surface area contributed by atoms with Crippen molar-refractivity contribution in [2.75, 3.05) is 13.6 Å². The Morgan fingerprint density at radius 1 is 1.27 bits per heavy atom. The van der Waals surface area contributed by atoms with Crippen LogP contribution in [0.2, 0.25) is 0 Å². The van der Waals surface area contributed by atoms with Crippen LogP contribution in [0.25, 0.3) is 5.69 Å². The second kappa shape index (κ2) is 6.84. The van der Waals surface area contributed by atoms with Crippen LogP contribution >= 0.6 is 0 Å². The number of nitrogens with zero attached hydrogens (tertiary/aromatic N) is 4.